The van der Waals surface area contributed by atoms with E-state index in [1.54, 1.807) is 0 Å². The second-order valence-electron chi connectivity index (χ2n) is 6.28. The zero-order chi connectivity index (χ0) is 14.8. The fraction of sp³-hybridized carbons (Fsp3) is 0.500. The summed E-state index contributed by atoms with van der Waals surface area (Å²) in [6, 6.07) is 10.5. The van der Waals surface area contributed by atoms with E-state index in [9.17, 15) is 0 Å². The van der Waals surface area contributed by atoms with Crippen LogP contribution in [0.5, 0.6) is 0 Å². The lowest BCUT2D eigenvalue weighted by molar-refractivity contribution is 0.202. The smallest absolute Gasteiger partial charge is 0.243 e. The Bertz CT molecular complexity index is 542. The van der Waals surface area contributed by atoms with E-state index in [0.29, 0.717) is 5.89 Å². The highest BCUT2D eigenvalue weighted by Crippen LogP contribution is 2.23. The minimum Gasteiger partial charge on any atom is -0.338 e. The van der Waals surface area contributed by atoms with Crippen molar-refractivity contribution < 1.29 is 4.52 Å². The highest BCUT2D eigenvalue weighted by Gasteiger charge is 2.24. The minimum atomic E-state index is -0.0839. The topological polar surface area (TPSA) is 42.2 Å². The molecule has 2 aromatic rings. The maximum absolute atomic E-state index is 5.41. The molecular formula is C16H23N3O. The van der Waals surface area contributed by atoms with Crippen LogP contribution in [0, 0.1) is 0 Å². The van der Waals surface area contributed by atoms with E-state index in [1.165, 1.54) is 5.56 Å². The minimum absolute atomic E-state index is 0.0839. The van der Waals surface area contributed by atoms with Gasteiger partial charge >= 0.3 is 0 Å². The van der Waals surface area contributed by atoms with Crippen LogP contribution < -0.4 is 0 Å². The lowest BCUT2D eigenvalue weighted by Crippen LogP contribution is -2.22. The van der Waals surface area contributed by atoms with Crippen LogP contribution in [-0.2, 0) is 12.0 Å². The molecule has 108 valence electrons. The van der Waals surface area contributed by atoms with Gasteiger partial charge in [-0.25, -0.2) is 0 Å². The Morgan fingerprint density at radius 2 is 1.85 bits per heavy atom. The average Bonchev–Trinajstić information content (AvgIpc) is 2.88. The van der Waals surface area contributed by atoms with Crippen molar-refractivity contribution in [2.75, 3.05) is 7.05 Å². The molecule has 0 spiro atoms. The zero-order valence-corrected chi connectivity index (χ0v) is 12.9. The summed E-state index contributed by atoms with van der Waals surface area (Å²) < 4.78 is 5.41. The van der Waals surface area contributed by atoms with Crippen molar-refractivity contribution >= 4 is 0 Å². The first-order valence-electron chi connectivity index (χ1n) is 6.96. The molecule has 0 saturated heterocycles. The van der Waals surface area contributed by atoms with Crippen molar-refractivity contribution in [3.63, 3.8) is 0 Å². The SMILES string of the molecule is CC(c1nc(C(C)(C)C)no1)N(C)Cc1ccccc1. The van der Waals surface area contributed by atoms with E-state index in [0.717, 1.165) is 12.4 Å². The van der Waals surface area contributed by atoms with Crippen LogP contribution >= 0.6 is 0 Å². The van der Waals surface area contributed by atoms with Gasteiger partial charge in [0.2, 0.25) is 5.89 Å². The molecule has 1 aromatic heterocycles. The van der Waals surface area contributed by atoms with E-state index < -0.39 is 0 Å². The van der Waals surface area contributed by atoms with Gasteiger partial charge in [0, 0.05) is 12.0 Å². The molecule has 2 rings (SSSR count). The Morgan fingerprint density at radius 3 is 2.40 bits per heavy atom. The molecule has 1 heterocycles. The quantitative estimate of drug-likeness (QED) is 0.854. The third kappa shape index (κ3) is 3.45. The molecule has 0 aliphatic rings. The van der Waals surface area contributed by atoms with Crippen LogP contribution in [-0.4, -0.2) is 22.1 Å². The van der Waals surface area contributed by atoms with Gasteiger partial charge in [0.05, 0.1) is 6.04 Å². The molecule has 4 nitrogen and oxygen atoms in total. The summed E-state index contributed by atoms with van der Waals surface area (Å²) in [4.78, 5) is 6.73. The maximum atomic E-state index is 5.41. The Morgan fingerprint density at radius 1 is 1.20 bits per heavy atom. The number of rotatable bonds is 4. The summed E-state index contributed by atoms with van der Waals surface area (Å²) in [5.74, 6) is 1.43. The predicted octanol–water partition coefficient (Wildman–Crippen LogP) is 3.56. The molecule has 0 saturated carbocycles. The summed E-state index contributed by atoms with van der Waals surface area (Å²) in [6.07, 6.45) is 0. The standard InChI is InChI=1S/C16H23N3O/c1-12(14-17-15(18-20-14)16(2,3)4)19(5)11-13-9-7-6-8-10-13/h6-10,12H,11H2,1-5H3. The van der Waals surface area contributed by atoms with E-state index in [4.69, 9.17) is 4.52 Å². The highest BCUT2D eigenvalue weighted by molar-refractivity contribution is 5.14. The van der Waals surface area contributed by atoms with Crippen LogP contribution in [0.3, 0.4) is 0 Å². The van der Waals surface area contributed by atoms with Crippen molar-refractivity contribution in [2.45, 2.75) is 45.7 Å². The van der Waals surface area contributed by atoms with Gasteiger partial charge < -0.3 is 4.52 Å². The number of hydrogen-bond acceptors (Lipinski definition) is 4. The van der Waals surface area contributed by atoms with Gasteiger partial charge in [0.15, 0.2) is 5.82 Å². The molecule has 0 aliphatic heterocycles. The van der Waals surface area contributed by atoms with Crippen LogP contribution in [0.2, 0.25) is 0 Å². The molecule has 0 radical (unpaired) electrons. The maximum Gasteiger partial charge on any atom is 0.243 e. The monoisotopic (exact) mass is 273 g/mol. The second-order valence-corrected chi connectivity index (χ2v) is 6.28. The van der Waals surface area contributed by atoms with Crippen LogP contribution in [0.1, 0.15) is 51.0 Å². The molecule has 1 aromatic carbocycles. The molecule has 0 fully saturated rings. The Kier molecular flexibility index (Phi) is 4.23. The van der Waals surface area contributed by atoms with Crippen molar-refractivity contribution in [1.29, 1.82) is 0 Å². The van der Waals surface area contributed by atoms with E-state index in [-0.39, 0.29) is 11.5 Å². The van der Waals surface area contributed by atoms with Gasteiger partial charge in [-0.2, -0.15) is 4.98 Å². The molecule has 0 amide bonds. The van der Waals surface area contributed by atoms with Gasteiger partial charge in [-0.15, -0.1) is 0 Å². The molecule has 1 unspecified atom stereocenters. The van der Waals surface area contributed by atoms with E-state index >= 15 is 0 Å². The van der Waals surface area contributed by atoms with Crippen LogP contribution in [0.15, 0.2) is 34.9 Å². The zero-order valence-electron chi connectivity index (χ0n) is 12.9. The second kappa shape index (κ2) is 5.75. The van der Waals surface area contributed by atoms with Crippen molar-refractivity contribution in [3.05, 3.63) is 47.6 Å². The van der Waals surface area contributed by atoms with E-state index in [2.05, 4.69) is 74.0 Å². The Labute approximate surface area is 120 Å². The van der Waals surface area contributed by atoms with Crippen molar-refractivity contribution in [2.24, 2.45) is 0 Å². The molecule has 4 heteroatoms. The van der Waals surface area contributed by atoms with Crippen molar-refractivity contribution in [1.82, 2.24) is 15.0 Å². The highest BCUT2D eigenvalue weighted by atomic mass is 16.5. The molecule has 20 heavy (non-hydrogen) atoms. The van der Waals surface area contributed by atoms with Crippen LogP contribution in [0.25, 0.3) is 0 Å². The summed E-state index contributed by atoms with van der Waals surface area (Å²) in [5.41, 5.74) is 1.19. The third-order valence-electron chi connectivity index (χ3n) is 3.41. The molecule has 0 aliphatic carbocycles. The lowest BCUT2D eigenvalue weighted by Gasteiger charge is -2.21. The fourth-order valence-electron chi connectivity index (χ4n) is 1.91. The van der Waals surface area contributed by atoms with Gasteiger partial charge in [-0.3, -0.25) is 4.90 Å². The molecule has 0 N–H and O–H groups in total. The summed E-state index contributed by atoms with van der Waals surface area (Å²) in [5, 5.41) is 4.09. The number of benzene rings is 1. The molecule has 0 bridgehead atoms. The average molecular weight is 273 g/mol. The molecular weight excluding hydrogens is 250 g/mol. The largest absolute Gasteiger partial charge is 0.338 e. The summed E-state index contributed by atoms with van der Waals surface area (Å²) in [6.45, 7) is 9.19. The van der Waals surface area contributed by atoms with Gasteiger partial charge in [-0.1, -0.05) is 56.3 Å². The Hall–Kier alpha value is -1.68. The number of hydrogen-bond donors (Lipinski definition) is 0. The van der Waals surface area contributed by atoms with Crippen molar-refractivity contribution in [3.8, 4) is 0 Å². The lowest BCUT2D eigenvalue weighted by atomic mass is 9.96. The van der Waals surface area contributed by atoms with Crippen LogP contribution in [0.4, 0.5) is 0 Å². The first-order valence-corrected chi connectivity index (χ1v) is 6.96. The third-order valence-corrected chi connectivity index (χ3v) is 3.41. The van der Waals surface area contributed by atoms with Gasteiger partial charge in [0.1, 0.15) is 0 Å². The van der Waals surface area contributed by atoms with Gasteiger partial charge in [0.25, 0.3) is 0 Å². The normalized spacial score (nSPS) is 13.7. The van der Waals surface area contributed by atoms with Gasteiger partial charge in [-0.05, 0) is 19.5 Å². The predicted molar refractivity (Wildman–Crippen MR) is 79.3 cm³/mol. The fourth-order valence-corrected chi connectivity index (χ4v) is 1.91. The number of aromatic nitrogens is 2. The van der Waals surface area contributed by atoms with E-state index in [1.807, 2.05) is 6.07 Å². The molecule has 1 atom stereocenters. The first-order chi connectivity index (χ1) is 9.38. The summed E-state index contributed by atoms with van der Waals surface area (Å²) in [7, 11) is 2.07. The Balaban J connectivity index is 2.07. The first kappa shape index (κ1) is 14.7. The summed E-state index contributed by atoms with van der Waals surface area (Å²) >= 11 is 0. The number of nitrogens with zero attached hydrogens (tertiary/aromatic N) is 3.